The van der Waals surface area contributed by atoms with Crippen molar-refractivity contribution in [2.75, 3.05) is 27.1 Å². The quantitative estimate of drug-likeness (QED) is 0.193. The first-order valence-corrected chi connectivity index (χ1v) is 19.1. The Bertz CT molecular complexity index is 1070. The highest BCUT2D eigenvalue weighted by atomic mass is 16.6. The first-order valence-electron chi connectivity index (χ1n) is 19.1. The molecular formula is C37H62N2O8. The van der Waals surface area contributed by atoms with Gasteiger partial charge in [-0.25, -0.2) is 0 Å². The van der Waals surface area contributed by atoms with Gasteiger partial charge in [0, 0.05) is 20.0 Å². The van der Waals surface area contributed by atoms with E-state index < -0.39 is 6.10 Å². The van der Waals surface area contributed by atoms with E-state index in [0.717, 1.165) is 51.5 Å². The van der Waals surface area contributed by atoms with Crippen LogP contribution in [-0.4, -0.2) is 91.1 Å². The summed E-state index contributed by atoms with van der Waals surface area (Å²) in [5, 5.41) is 35.1. The number of fused-ring (bicyclic) bond motifs is 6. The molecular weight excluding hydrogens is 600 g/mol. The van der Waals surface area contributed by atoms with Gasteiger partial charge in [0.25, 0.3) is 0 Å². The lowest BCUT2D eigenvalue weighted by Crippen LogP contribution is -2.59. The second kappa shape index (κ2) is 14.4. The Kier molecular flexibility index (Phi) is 10.6. The Morgan fingerprint density at radius 2 is 1.77 bits per heavy atom. The number of nitrogens with one attached hydrogen (secondary N) is 1. The van der Waals surface area contributed by atoms with Crippen LogP contribution in [0.25, 0.3) is 0 Å². The van der Waals surface area contributed by atoms with Gasteiger partial charge in [0.05, 0.1) is 49.4 Å². The number of aliphatic hydroxyl groups excluding tert-OH is 3. The summed E-state index contributed by atoms with van der Waals surface area (Å²) in [6.45, 7) is 2.59. The first kappa shape index (κ1) is 34.6. The van der Waals surface area contributed by atoms with Crippen molar-refractivity contribution in [2.45, 2.75) is 140 Å². The molecule has 0 aromatic rings. The summed E-state index contributed by atoms with van der Waals surface area (Å²) in [5.74, 6) is 3.30. The first-order chi connectivity index (χ1) is 22.7. The van der Waals surface area contributed by atoms with Crippen molar-refractivity contribution < 1.29 is 39.1 Å². The van der Waals surface area contributed by atoms with Crippen molar-refractivity contribution >= 4 is 5.97 Å². The predicted octanol–water partition coefficient (Wildman–Crippen LogP) is 3.34. The lowest BCUT2D eigenvalue weighted by molar-refractivity contribution is -0.206. The number of hydrogen-bond acceptors (Lipinski definition) is 10. The Morgan fingerprint density at radius 1 is 0.936 bits per heavy atom. The van der Waals surface area contributed by atoms with Crippen LogP contribution >= 0.6 is 0 Å². The van der Waals surface area contributed by atoms with Crippen molar-refractivity contribution in [3.05, 3.63) is 0 Å². The summed E-state index contributed by atoms with van der Waals surface area (Å²) in [5.41, 5.74) is 6.31. The third-order valence-corrected chi connectivity index (χ3v) is 14.6. The van der Waals surface area contributed by atoms with Crippen LogP contribution in [0.15, 0.2) is 0 Å². The van der Waals surface area contributed by atoms with E-state index in [4.69, 9.17) is 24.7 Å². The normalized spacial score (nSPS) is 51.3. The molecule has 7 fully saturated rings. The van der Waals surface area contributed by atoms with Crippen molar-refractivity contribution in [3.8, 4) is 0 Å². The van der Waals surface area contributed by atoms with Crippen molar-refractivity contribution in [1.29, 1.82) is 0 Å². The molecule has 2 aliphatic heterocycles. The maximum absolute atomic E-state index is 12.1. The van der Waals surface area contributed by atoms with Crippen molar-refractivity contribution in [2.24, 2.45) is 64.4 Å². The summed E-state index contributed by atoms with van der Waals surface area (Å²) < 4.78 is 25.0. The standard InChI is InChI=1S/C37H62N2O8/c1-20(41)45-18-28-26-5-6-27-33-24(12-25(42)14-31(33)46-19-40)16-37(10-9-21(15-37)11-22-3-8-32(38)39-17-22)34(27)36(26)47-35(28)23-4-7-29(43)30(13-23)44-2/h21-36,39-40,42-43H,3-19,38H2,1-2H3/t21-,22?,23?,24?,25?,26?,27?,28+,29?,30?,31?,32?,33?,34?,35+,36?,37-/m0/s1. The average Bonchev–Trinajstić information content (AvgIpc) is 3.62. The topological polar surface area (TPSA) is 153 Å². The van der Waals surface area contributed by atoms with E-state index in [2.05, 4.69) is 5.32 Å². The molecule has 0 amide bonds. The Balaban J connectivity index is 1.20. The molecule has 0 aromatic heterocycles. The van der Waals surface area contributed by atoms with Gasteiger partial charge in [0.15, 0.2) is 0 Å². The van der Waals surface area contributed by atoms with Crippen LogP contribution in [0.1, 0.15) is 96.8 Å². The van der Waals surface area contributed by atoms with Crippen molar-refractivity contribution in [3.63, 3.8) is 0 Å². The SMILES string of the molecule is COC1CC([C@H]2OC3C(CCC4C5C(CC(O)CC5OCO)C[C@@]5(CC[C@@H](CC6CCC(N)NC6)C5)C43)[C@H]2COC(C)=O)CCC1O. The molecule has 0 aromatic carbocycles. The number of carbonyl (C=O) groups is 1. The zero-order valence-electron chi connectivity index (χ0n) is 28.7. The van der Waals surface area contributed by atoms with E-state index in [9.17, 15) is 20.1 Å². The fraction of sp³-hybridized carbons (Fsp3) is 0.973. The fourth-order valence-electron chi connectivity index (χ4n) is 12.9. The summed E-state index contributed by atoms with van der Waals surface area (Å²) in [7, 11) is 1.69. The van der Waals surface area contributed by atoms with Crippen LogP contribution in [0.4, 0.5) is 0 Å². The molecule has 1 spiro atoms. The molecule has 10 nitrogen and oxygen atoms in total. The van der Waals surface area contributed by atoms with Gasteiger partial charge in [-0.2, -0.15) is 0 Å². The van der Waals surface area contributed by atoms with Crippen molar-refractivity contribution in [1.82, 2.24) is 5.32 Å². The molecule has 2 saturated heterocycles. The number of methoxy groups -OCH3 is 1. The van der Waals surface area contributed by atoms with E-state index in [0.29, 0.717) is 60.9 Å². The molecule has 0 radical (unpaired) electrons. The van der Waals surface area contributed by atoms with Crippen LogP contribution in [0.5, 0.6) is 0 Å². The minimum absolute atomic E-state index is 0.0320. The van der Waals surface area contributed by atoms with Gasteiger partial charge in [-0.15, -0.1) is 0 Å². The van der Waals surface area contributed by atoms with Crippen LogP contribution < -0.4 is 11.1 Å². The molecule has 5 saturated carbocycles. The lowest BCUT2D eigenvalue weighted by atomic mass is 9.45. The van der Waals surface area contributed by atoms with E-state index in [1.807, 2.05) is 0 Å². The minimum atomic E-state index is -0.453. The van der Waals surface area contributed by atoms with Crippen LogP contribution in [-0.2, 0) is 23.7 Å². The third kappa shape index (κ3) is 6.80. The second-order valence-electron chi connectivity index (χ2n) is 17.0. The lowest BCUT2D eigenvalue weighted by Gasteiger charge is -2.61. The van der Waals surface area contributed by atoms with Crippen LogP contribution in [0, 0.1) is 58.7 Å². The average molecular weight is 663 g/mol. The van der Waals surface area contributed by atoms with Gasteiger partial charge in [-0.3, -0.25) is 4.79 Å². The number of aliphatic hydroxyl groups is 3. The van der Waals surface area contributed by atoms with E-state index in [-0.39, 0.29) is 66.7 Å². The zero-order chi connectivity index (χ0) is 32.9. The number of nitrogens with two attached hydrogens (primary N) is 1. The number of esters is 1. The maximum atomic E-state index is 12.1. The van der Waals surface area contributed by atoms with Crippen LogP contribution in [0.2, 0.25) is 0 Å². The van der Waals surface area contributed by atoms with Gasteiger partial charge >= 0.3 is 5.97 Å². The number of rotatable bonds is 8. The molecule has 2 heterocycles. The summed E-state index contributed by atoms with van der Waals surface area (Å²) in [4.78, 5) is 12.1. The van der Waals surface area contributed by atoms with E-state index in [1.54, 1.807) is 7.11 Å². The fourth-order valence-corrected chi connectivity index (χ4v) is 12.9. The maximum Gasteiger partial charge on any atom is 0.302 e. The second-order valence-corrected chi connectivity index (χ2v) is 17.0. The van der Waals surface area contributed by atoms with Gasteiger partial charge in [-0.1, -0.05) is 0 Å². The van der Waals surface area contributed by atoms with Crippen LogP contribution in [0.3, 0.4) is 0 Å². The van der Waals surface area contributed by atoms with Gasteiger partial charge in [0.1, 0.15) is 6.79 Å². The molecule has 17 atom stereocenters. The third-order valence-electron chi connectivity index (χ3n) is 14.6. The number of piperidine rings is 1. The van der Waals surface area contributed by atoms with E-state index in [1.165, 1.54) is 39.0 Å². The Hall–Kier alpha value is -0.850. The summed E-state index contributed by atoms with van der Waals surface area (Å²) >= 11 is 0. The predicted molar refractivity (Wildman–Crippen MR) is 175 cm³/mol. The molecule has 10 heteroatoms. The molecule has 268 valence electrons. The smallest absolute Gasteiger partial charge is 0.302 e. The highest BCUT2D eigenvalue weighted by Crippen LogP contribution is 2.68. The Labute approximate surface area is 281 Å². The van der Waals surface area contributed by atoms with Gasteiger partial charge < -0.3 is 45.3 Å². The molecule has 7 aliphatic rings. The highest BCUT2D eigenvalue weighted by molar-refractivity contribution is 5.65. The summed E-state index contributed by atoms with van der Waals surface area (Å²) in [6, 6.07) is 0. The summed E-state index contributed by atoms with van der Waals surface area (Å²) in [6.07, 6.45) is 13.1. The molecule has 5 aliphatic carbocycles. The van der Waals surface area contributed by atoms with E-state index >= 15 is 0 Å². The molecule has 6 N–H and O–H groups in total. The minimum Gasteiger partial charge on any atom is -0.465 e. The molecule has 7 rings (SSSR count). The number of ether oxygens (including phenoxy) is 4. The Morgan fingerprint density at radius 3 is 2.51 bits per heavy atom. The largest absolute Gasteiger partial charge is 0.465 e. The molecule has 13 unspecified atom stereocenters. The zero-order valence-corrected chi connectivity index (χ0v) is 28.7. The number of carbonyl (C=O) groups excluding carboxylic acids is 1. The molecule has 0 bridgehead atoms. The monoisotopic (exact) mass is 662 g/mol. The van der Waals surface area contributed by atoms with Gasteiger partial charge in [-0.05, 0) is 149 Å². The molecule has 47 heavy (non-hydrogen) atoms. The number of hydrogen-bond donors (Lipinski definition) is 5. The highest BCUT2D eigenvalue weighted by Gasteiger charge is 2.65. The van der Waals surface area contributed by atoms with Gasteiger partial charge in [0.2, 0.25) is 0 Å².